The van der Waals surface area contributed by atoms with E-state index in [0.717, 1.165) is 17.2 Å². The van der Waals surface area contributed by atoms with Gasteiger partial charge in [-0.2, -0.15) is 11.8 Å². The Kier molecular flexibility index (Phi) is 4.98. The average molecular weight is 242 g/mol. The molecule has 0 radical (unpaired) electrons. The lowest BCUT2D eigenvalue weighted by atomic mass is 9.97. The first kappa shape index (κ1) is 12.7. The van der Waals surface area contributed by atoms with E-state index in [1.165, 1.54) is 51.1 Å². The van der Waals surface area contributed by atoms with Gasteiger partial charge in [0, 0.05) is 17.8 Å². The van der Waals surface area contributed by atoms with Crippen LogP contribution in [-0.2, 0) is 0 Å². The van der Waals surface area contributed by atoms with Gasteiger partial charge in [-0.25, -0.2) is 0 Å². The summed E-state index contributed by atoms with van der Waals surface area (Å²) in [6.45, 7) is 6.17. The van der Waals surface area contributed by atoms with E-state index in [-0.39, 0.29) is 0 Å². The van der Waals surface area contributed by atoms with E-state index >= 15 is 0 Å². The molecule has 94 valence electrons. The van der Waals surface area contributed by atoms with Crippen LogP contribution < -0.4 is 5.32 Å². The zero-order chi connectivity index (χ0) is 11.4. The number of thioether (sulfide) groups is 1. The van der Waals surface area contributed by atoms with Crippen molar-refractivity contribution < 1.29 is 0 Å². The molecule has 0 spiro atoms. The summed E-state index contributed by atoms with van der Waals surface area (Å²) in [4.78, 5) is 2.63. The monoisotopic (exact) mass is 242 g/mol. The molecule has 0 aliphatic carbocycles. The minimum absolute atomic E-state index is 0.820. The minimum atomic E-state index is 0.820. The highest BCUT2D eigenvalue weighted by molar-refractivity contribution is 7.99. The van der Waals surface area contributed by atoms with Gasteiger partial charge in [0.25, 0.3) is 0 Å². The van der Waals surface area contributed by atoms with Crippen molar-refractivity contribution in [3.63, 3.8) is 0 Å². The fraction of sp³-hybridized carbons (Fsp3) is 1.00. The molecule has 2 heterocycles. The zero-order valence-corrected chi connectivity index (χ0v) is 11.6. The topological polar surface area (TPSA) is 15.3 Å². The predicted octanol–water partition coefficient (Wildman–Crippen LogP) is 2.20. The quantitative estimate of drug-likeness (QED) is 0.817. The number of nitrogens with zero attached hydrogens (tertiary/aromatic N) is 1. The van der Waals surface area contributed by atoms with Gasteiger partial charge in [0.05, 0.1) is 0 Å². The smallest absolute Gasteiger partial charge is 0.0209 e. The van der Waals surface area contributed by atoms with Gasteiger partial charge in [-0.1, -0.05) is 6.92 Å². The Labute approximate surface area is 105 Å². The average Bonchev–Trinajstić information content (AvgIpc) is 2.31. The fourth-order valence-corrected chi connectivity index (χ4v) is 4.38. The first-order valence-electron chi connectivity index (χ1n) is 6.80. The van der Waals surface area contributed by atoms with Crippen LogP contribution in [0.25, 0.3) is 0 Å². The Morgan fingerprint density at radius 3 is 2.88 bits per heavy atom. The molecule has 3 unspecified atom stereocenters. The van der Waals surface area contributed by atoms with E-state index in [1.54, 1.807) is 0 Å². The van der Waals surface area contributed by atoms with E-state index < -0.39 is 0 Å². The van der Waals surface area contributed by atoms with Crippen molar-refractivity contribution in [2.24, 2.45) is 5.92 Å². The van der Waals surface area contributed by atoms with E-state index in [0.29, 0.717) is 0 Å². The number of hydrogen-bond donors (Lipinski definition) is 1. The lowest BCUT2D eigenvalue weighted by molar-refractivity contribution is 0.177. The third-order valence-corrected chi connectivity index (χ3v) is 5.44. The van der Waals surface area contributed by atoms with Crippen LogP contribution >= 0.6 is 11.8 Å². The molecule has 2 rings (SSSR count). The number of nitrogens with one attached hydrogen (secondary N) is 1. The molecule has 0 bridgehead atoms. The Balaban J connectivity index is 1.78. The summed E-state index contributed by atoms with van der Waals surface area (Å²) in [6.07, 6.45) is 5.61. The molecule has 0 aromatic heterocycles. The van der Waals surface area contributed by atoms with Crippen molar-refractivity contribution in [1.29, 1.82) is 0 Å². The van der Waals surface area contributed by atoms with Crippen molar-refractivity contribution in [2.45, 2.75) is 43.9 Å². The van der Waals surface area contributed by atoms with Gasteiger partial charge in [0.1, 0.15) is 0 Å². The molecule has 2 saturated heterocycles. The maximum Gasteiger partial charge on any atom is 0.0209 e. The second-order valence-electron chi connectivity index (χ2n) is 5.44. The van der Waals surface area contributed by atoms with Gasteiger partial charge in [-0.05, 0) is 57.5 Å². The first-order chi connectivity index (χ1) is 7.77. The molecule has 3 heteroatoms. The van der Waals surface area contributed by atoms with E-state index in [2.05, 4.69) is 35.9 Å². The molecule has 0 aromatic rings. The Morgan fingerprint density at radius 1 is 1.31 bits per heavy atom. The molecule has 0 saturated carbocycles. The van der Waals surface area contributed by atoms with E-state index in [4.69, 9.17) is 0 Å². The van der Waals surface area contributed by atoms with Crippen LogP contribution in [0.2, 0.25) is 0 Å². The van der Waals surface area contributed by atoms with Gasteiger partial charge < -0.3 is 10.2 Å². The molecule has 1 N–H and O–H groups in total. The van der Waals surface area contributed by atoms with Crippen LogP contribution in [0.1, 0.15) is 32.6 Å². The molecule has 16 heavy (non-hydrogen) atoms. The van der Waals surface area contributed by atoms with Gasteiger partial charge in [-0.15, -0.1) is 0 Å². The molecule has 2 nitrogen and oxygen atoms in total. The summed E-state index contributed by atoms with van der Waals surface area (Å²) >= 11 is 2.16. The standard InChI is InChI=1S/C13H26N2S/c1-11-13(6-4-8-16-11)15(2)10-12-5-3-7-14-9-12/h11-14H,3-10H2,1-2H3. The zero-order valence-electron chi connectivity index (χ0n) is 10.7. The SMILES string of the molecule is CC1SCCCC1N(C)CC1CCCNC1. The molecule has 2 aliphatic rings. The highest BCUT2D eigenvalue weighted by atomic mass is 32.2. The molecular formula is C13H26N2S. The second-order valence-corrected chi connectivity index (χ2v) is 6.92. The van der Waals surface area contributed by atoms with Crippen molar-refractivity contribution in [3.05, 3.63) is 0 Å². The summed E-state index contributed by atoms with van der Waals surface area (Å²) in [6, 6.07) is 0.820. The normalized spacial score (nSPS) is 36.6. The Bertz CT molecular complexity index is 204. The lowest BCUT2D eigenvalue weighted by Crippen LogP contribution is -2.45. The van der Waals surface area contributed by atoms with Crippen LogP contribution in [0.15, 0.2) is 0 Å². The molecule has 2 fully saturated rings. The summed E-state index contributed by atoms with van der Waals surface area (Å²) in [5.41, 5.74) is 0. The van der Waals surface area contributed by atoms with Gasteiger partial charge >= 0.3 is 0 Å². The second kappa shape index (κ2) is 6.27. The van der Waals surface area contributed by atoms with Crippen LogP contribution in [0.4, 0.5) is 0 Å². The van der Waals surface area contributed by atoms with Crippen molar-refractivity contribution >= 4 is 11.8 Å². The molecule has 0 amide bonds. The molecular weight excluding hydrogens is 216 g/mol. The van der Waals surface area contributed by atoms with Crippen LogP contribution in [0, 0.1) is 5.92 Å². The number of rotatable bonds is 3. The molecule has 2 aliphatic heterocycles. The van der Waals surface area contributed by atoms with Gasteiger partial charge in [-0.3, -0.25) is 0 Å². The molecule has 0 aromatic carbocycles. The maximum atomic E-state index is 3.52. The lowest BCUT2D eigenvalue weighted by Gasteiger charge is -2.38. The van der Waals surface area contributed by atoms with Crippen molar-refractivity contribution in [2.75, 3.05) is 32.4 Å². The Hall–Kier alpha value is 0.270. The van der Waals surface area contributed by atoms with E-state index in [1.807, 2.05) is 0 Å². The third kappa shape index (κ3) is 3.38. The van der Waals surface area contributed by atoms with E-state index in [9.17, 15) is 0 Å². The van der Waals surface area contributed by atoms with Crippen molar-refractivity contribution in [3.8, 4) is 0 Å². The number of hydrogen-bond acceptors (Lipinski definition) is 3. The largest absolute Gasteiger partial charge is 0.316 e. The van der Waals surface area contributed by atoms with Crippen LogP contribution in [0.5, 0.6) is 0 Å². The van der Waals surface area contributed by atoms with Gasteiger partial charge in [0.15, 0.2) is 0 Å². The summed E-state index contributed by atoms with van der Waals surface area (Å²) < 4.78 is 0. The highest BCUT2D eigenvalue weighted by Crippen LogP contribution is 2.29. The number of piperidine rings is 1. The minimum Gasteiger partial charge on any atom is -0.316 e. The Morgan fingerprint density at radius 2 is 2.19 bits per heavy atom. The fourth-order valence-electron chi connectivity index (χ4n) is 3.11. The first-order valence-corrected chi connectivity index (χ1v) is 7.85. The van der Waals surface area contributed by atoms with Crippen LogP contribution in [-0.4, -0.2) is 48.6 Å². The van der Waals surface area contributed by atoms with Gasteiger partial charge in [0.2, 0.25) is 0 Å². The summed E-state index contributed by atoms with van der Waals surface area (Å²) in [7, 11) is 2.33. The van der Waals surface area contributed by atoms with Crippen molar-refractivity contribution in [1.82, 2.24) is 10.2 Å². The molecule has 3 atom stereocenters. The predicted molar refractivity (Wildman–Crippen MR) is 73.2 cm³/mol. The third-order valence-electron chi connectivity index (χ3n) is 4.08. The maximum absolute atomic E-state index is 3.52. The highest BCUT2D eigenvalue weighted by Gasteiger charge is 2.27. The summed E-state index contributed by atoms with van der Waals surface area (Å²) in [5.74, 6) is 2.26. The summed E-state index contributed by atoms with van der Waals surface area (Å²) in [5, 5.41) is 4.35. The van der Waals surface area contributed by atoms with Crippen LogP contribution in [0.3, 0.4) is 0 Å².